The van der Waals surface area contributed by atoms with E-state index >= 15 is 0 Å². The van der Waals surface area contributed by atoms with Crippen molar-refractivity contribution in [2.24, 2.45) is 4.99 Å². The summed E-state index contributed by atoms with van der Waals surface area (Å²) >= 11 is 0. The highest BCUT2D eigenvalue weighted by Gasteiger charge is 2.31. The van der Waals surface area contributed by atoms with Gasteiger partial charge in [0.25, 0.3) is 10.0 Å². The number of nitrogens with one attached hydrogen (secondary N) is 2. The van der Waals surface area contributed by atoms with Crippen molar-refractivity contribution < 1.29 is 17.9 Å². The fourth-order valence-corrected chi connectivity index (χ4v) is 4.10. The van der Waals surface area contributed by atoms with Gasteiger partial charge in [0, 0.05) is 12.1 Å². The maximum absolute atomic E-state index is 12.3. The van der Waals surface area contributed by atoms with Gasteiger partial charge >= 0.3 is 0 Å². The van der Waals surface area contributed by atoms with E-state index in [-0.39, 0.29) is 16.6 Å². The molecule has 0 bridgehead atoms. The second-order valence-electron chi connectivity index (χ2n) is 6.11. The molecule has 0 spiro atoms. The lowest BCUT2D eigenvalue weighted by atomic mass is 10.1. The molecule has 8 heteroatoms. The summed E-state index contributed by atoms with van der Waals surface area (Å²) in [6.45, 7) is 2.05. The number of amidine groups is 1. The number of hydrogen-bond acceptors (Lipinski definition) is 5. The van der Waals surface area contributed by atoms with Gasteiger partial charge in [-0.15, -0.1) is 0 Å². The zero-order chi connectivity index (χ0) is 19.4. The first-order chi connectivity index (χ1) is 12.9. The molecule has 1 heterocycles. The van der Waals surface area contributed by atoms with E-state index in [0.29, 0.717) is 18.5 Å². The van der Waals surface area contributed by atoms with E-state index in [1.165, 1.54) is 6.07 Å². The van der Waals surface area contributed by atoms with Crippen LogP contribution in [0.5, 0.6) is 5.75 Å². The lowest BCUT2D eigenvalue weighted by Gasteiger charge is -2.11. The molecule has 1 aliphatic rings. The summed E-state index contributed by atoms with van der Waals surface area (Å²) in [5, 5.41) is 2.82. The molecule has 0 saturated carbocycles. The first kappa shape index (κ1) is 18.9. The smallest absolute Gasteiger partial charge is 0.263 e. The van der Waals surface area contributed by atoms with Crippen molar-refractivity contribution in [2.45, 2.75) is 24.3 Å². The molecule has 1 atom stereocenters. The Balaban J connectivity index is 1.64. The van der Waals surface area contributed by atoms with Crippen molar-refractivity contribution in [1.82, 2.24) is 10.0 Å². The maximum Gasteiger partial charge on any atom is 0.263 e. The number of carbonyl (C=O) groups excluding carboxylic acids is 1. The van der Waals surface area contributed by atoms with Gasteiger partial charge in [-0.3, -0.25) is 14.5 Å². The summed E-state index contributed by atoms with van der Waals surface area (Å²) in [7, 11) is -2.01. The monoisotopic (exact) mass is 387 g/mol. The molecule has 1 amide bonds. The molecule has 3 rings (SSSR count). The molecule has 0 radical (unpaired) electrons. The van der Waals surface area contributed by atoms with Crippen LogP contribution in [-0.2, 0) is 21.2 Å². The van der Waals surface area contributed by atoms with E-state index in [2.05, 4.69) is 15.0 Å². The molecule has 0 aliphatic carbocycles. The average molecular weight is 387 g/mol. The van der Waals surface area contributed by atoms with Crippen LogP contribution in [0.2, 0.25) is 0 Å². The number of carbonyl (C=O) groups is 1. The Morgan fingerprint density at radius 1 is 1.19 bits per heavy atom. The summed E-state index contributed by atoms with van der Waals surface area (Å²) in [5.74, 6) is 0.691. The third-order valence-electron chi connectivity index (χ3n) is 4.25. The molecular formula is C19H21N3O4S. The molecular weight excluding hydrogens is 366 g/mol. The molecule has 7 nitrogen and oxygen atoms in total. The summed E-state index contributed by atoms with van der Waals surface area (Å²) in [6, 6.07) is 13.4. The minimum atomic E-state index is -3.61. The second-order valence-corrected chi connectivity index (χ2v) is 7.76. The number of sulfonamides is 1. The van der Waals surface area contributed by atoms with Crippen molar-refractivity contribution >= 4 is 21.8 Å². The standard InChI is InChI=1S/C19H21N3O4S/c1-13(19(23)20-12-11-14-7-3-5-9-16(14)26-2)21-18-15-8-4-6-10-17(15)27(24,25)22-18/h3-10,13H,11-12H2,1-2H3,(H,20,23)(H,21,22)/t13-/m1/s1. The van der Waals surface area contributed by atoms with Gasteiger partial charge in [-0.25, -0.2) is 8.42 Å². The molecule has 142 valence electrons. The molecule has 1 aliphatic heterocycles. The van der Waals surface area contributed by atoms with Crippen LogP contribution in [0.25, 0.3) is 0 Å². The maximum atomic E-state index is 12.3. The number of fused-ring (bicyclic) bond motifs is 1. The SMILES string of the molecule is COc1ccccc1CCNC(=O)[C@@H](C)N=C1NS(=O)(=O)c2ccccc21. The second kappa shape index (κ2) is 7.79. The molecule has 2 aromatic rings. The number of benzene rings is 2. The summed E-state index contributed by atoms with van der Waals surface area (Å²) in [4.78, 5) is 16.8. The quantitative estimate of drug-likeness (QED) is 0.785. The van der Waals surface area contributed by atoms with Crippen LogP contribution in [0.15, 0.2) is 58.4 Å². The minimum absolute atomic E-state index is 0.174. The number of nitrogens with zero attached hydrogens (tertiary/aromatic N) is 1. The van der Waals surface area contributed by atoms with E-state index in [4.69, 9.17) is 4.74 Å². The molecule has 0 fully saturated rings. The Kier molecular flexibility index (Phi) is 5.46. The number of hydrogen-bond donors (Lipinski definition) is 2. The highest BCUT2D eigenvalue weighted by Crippen LogP contribution is 2.22. The Hall–Kier alpha value is -2.87. The van der Waals surface area contributed by atoms with Crippen molar-refractivity contribution in [2.75, 3.05) is 13.7 Å². The van der Waals surface area contributed by atoms with Crippen molar-refractivity contribution in [3.05, 3.63) is 59.7 Å². The molecule has 0 saturated heterocycles. The minimum Gasteiger partial charge on any atom is -0.496 e. The highest BCUT2D eigenvalue weighted by molar-refractivity contribution is 7.90. The van der Waals surface area contributed by atoms with Gasteiger partial charge in [0.05, 0.1) is 12.0 Å². The summed E-state index contributed by atoms with van der Waals surface area (Å²) < 4.78 is 31.9. The highest BCUT2D eigenvalue weighted by atomic mass is 32.2. The van der Waals surface area contributed by atoms with E-state index in [0.717, 1.165) is 11.3 Å². The van der Waals surface area contributed by atoms with Crippen LogP contribution in [0.4, 0.5) is 0 Å². The van der Waals surface area contributed by atoms with Crippen LogP contribution in [0, 0.1) is 0 Å². The van der Waals surface area contributed by atoms with Crippen LogP contribution in [0.3, 0.4) is 0 Å². The number of para-hydroxylation sites is 1. The number of amides is 1. The predicted octanol–water partition coefficient (Wildman–Crippen LogP) is 1.48. The first-order valence-electron chi connectivity index (χ1n) is 8.52. The van der Waals surface area contributed by atoms with E-state index in [1.54, 1.807) is 32.2 Å². The number of ether oxygens (including phenoxy) is 1. The van der Waals surface area contributed by atoms with Gasteiger partial charge in [0.1, 0.15) is 17.6 Å². The van der Waals surface area contributed by atoms with Gasteiger partial charge in [0.15, 0.2) is 0 Å². The van der Waals surface area contributed by atoms with Crippen LogP contribution in [-0.4, -0.2) is 39.9 Å². The van der Waals surface area contributed by atoms with Gasteiger partial charge < -0.3 is 10.1 Å². The number of aliphatic imine (C=N–C) groups is 1. The summed E-state index contributed by atoms with van der Waals surface area (Å²) in [5.41, 5.74) is 1.47. The van der Waals surface area contributed by atoms with Crippen molar-refractivity contribution in [3.63, 3.8) is 0 Å². The predicted molar refractivity (Wildman–Crippen MR) is 102 cm³/mol. The zero-order valence-electron chi connectivity index (χ0n) is 15.1. The summed E-state index contributed by atoms with van der Waals surface area (Å²) in [6.07, 6.45) is 0.620. The number of rotatable bonds is 6. The topological polar surface area (TPSA) is 96.9 Å². The molecule has 2 N–H and O–H groups in total. The third kappa shape index (κ3) is 4.11. The Labute approximate surface area is 158 Å². The average Bonchev–Trinajstić information content (AvgIpc) is 2.92. The van der Waals surface area contributed by atoms with E-state index < -0.39 is 16.1 Å². The lowest BCUT2D eigenvalue weighted by Crippen LogP contribution is -2.35. The fraction of sp³-hybridized carbons (Fsp3) is 0.263. The Bertz CT molecular complexity index is 986. The Morgan fingerprint density at radius 3 is 2.67 bits per heavy atom. The van der Waals surface area contributed by atoms with Crippen LogP contribution in [0.1, 0.15) is 18.1 Å². The van der Waals surface area contributed by atoms with E-state index in [1.807, 2.05) is 24.3 Å². The van der Waals surface area contributed by atoms with E-state index in [9.17, 15) is 13.2 Å². The normalized spacial score (nSPS) is 17.0. The first-order valence-corrected chi connectivity index (χ1v) is 10.0. The molecule has 2 aromatic carbocycles. The van der Waals surface area contributed by atoms with Crippen molar-refractivity contribution in [1.29, 1.82) is 0 Å². The third-order valence-corrected chi connectivity index (χ3v) is 5.65. The number of methoxy groups -OCH3 is 1. The zero-order valence-corrected chi connectivity index (χ0v) is 15.9. The van der Waals surface area contributed by atoms with Crippen LogP contribution < -0.4 is 14.8 Å². The largest absolute Gasteiger partial charge is 0.496 e. The van der Waals surface area contributed by atoms with Gasteiger partial charge in [-0.1, -0.05) is 30.3 Å². The Morgan fingerprint density at radius 2 is 1.89 bits per heavy atom. The molecule has 27 heavy (non-hydrogen) atoms. The van der Waals surface area contributed by atoms with Gasteiger partial charge in [0.2, 0.25) is 5.91 Å². The van der Waals surface area contributed by atoms with Crippen molar-refractivity contribution in [3.8, 4) is 5.75 Å². The lowest BCUT2D eigenvalue weighted by molar-refractivity contribution is -0.121. The molecule has 0 unspecified atom stereocenters. The fourth-order valence-electron chi connectivity index (χ4n) is 2.86. The van der Waals surface area contributed by atoms with Gasteiger partial charge in [-0.2, -0.15) is 0 Å². The molecule has 0 aromatic heterocycles. The van der Waals surface area contributed by atoms with Gasteiger partial charge in [-0.05, 0) is 37.1 Å². The van der Waals surface area contributed by atoms with Crippen LogP contribution >= 0.6 is 0 Å².